The summed E-state index contributed by atoms with van der Waals surface area (Å²) in [6, 6.07) is 19.3. The van der Waals surface area contributed by atoms with Crippen molar-refractivity contribution in [1.82, 2.24) is 0 Å². The molecule has 3 aromatic rings. The third-order valence-corrected chi connectivity index (χ3v) is 5.29. The highest BCUT2D eigenvalue weighted by Crippen LogP contribution is 2.29. The molecule has 0 aromatic heterocycles. The Hall–Kier alpha value is -3.71. The number of rotatable bonds is 6. The van der Waals surface area contributed by atoms with Crippen LogP contribution < -0.4 is 5.32 Å². The van der Waals surface area contributed by atoms with Gasteiger partial charge in [0.15, 0.2) is 0 Å². The summed E-state index contributed by atoms with van der Waals surface area (Å²) in [5.74, 6) is -1.30. The van der Waals surface area contributed by atoms with Gasteiger partial charge in [0.1, 0.15) is 0 Å². The van der Waals surface area contributed by atoms with Gasteiger partial charge in [-0.3, -0.25) is 14.9 Å². The number of nitrogens with one attached hydrogen (secondary N) is 1. The molecule has 0 spiro atoms. The van der Waals surface area contributed by atoms with Gasteiger partial charge in [0.05, 0.1) is 21.2 Å². The lowest BCUT2D eigenvalue weighted by Gasteiger charge is -2.20. The van der Waals surface area contributed by atoms with Gasteiger partial charge in [0.2, 0.25) is 6.10 Å². The summed E-state index contributed by atoms with van der Waals surface area (Å²) in [5.41, 5.74) is 1.72. The number of hydrogen-bond donors (Lipinski definition) is 1. The molecule has 1 atom stereocenters. The van der Waals surface area contributed by atoms with E-state index in [9.17, 15) is 19.7 Å². The Labute approximate surface area is 196 Å². The second-order valence-corrected chi connectivity index (χ2v) is 8.84. The van der Waals surface area contributed by atoms with Gasteiger partial charge < -0.3 is 10.1 Å². The number of halogens is 1. The van der Waals surface area contributed by atoms with E-state index in [0.717, 1.165) is 11.6 Å². The molecule has 0 aliphatic rings. The number of esters is 1. The number of carbonyl (C=O) groups excluding carboxylic acids is 2. The second kappa shape index (κ2) is 9.83. The first kappa shape index (κ1) is 23.9. The Bertz CT molecular complexity index is 1170. The number of ether oxygens (including phenoxy) is 1. The van der Waals surface area contributed by atoms with E-state index in [-0.39, 0.29) is 21.8 Å². The normalized spacial score (nSPS) is 12.0. The number of nitro groups is 1. The van der Waals surface area contributed by atoms with Crippen molar-refractivity contribution in [2.24, 2.45) is 0 Å². The molecule has 33 heavy (non-hydrogen) atoms. The zero-order valence-corrected chi connectivity index (χ0v) is 19.1. The number of amides is 1. The summed E-state index contributed by atoms with van der Waals surface area (Å²) < 4.78 is 5.58. The lowest BCUT2D eigenvalue weighted by Crippen LogP contribution is -2.26. The maximum absolute atomic E-state index is 13.1. The van der Waals surface area contributed by atoms with Crippen LogP contribution >= 0.6 is 11.6 Å². The standard InChI is InChI=1S/C25H23ClN2O5/c1-25(2,3)18-11-9-17(10-12-18)24(30)33-22(16-7-5-4-6-8-16)23(29)27-21-14-13-19(28(31)32)15-20(21)26/h4-15,22H,1-3H3,(H,27,29)/t22-/m1/s1. The third kappa shape index (κ3) is 5.96. The molecule has 0 heterocycles. The number of nitrogens with zero attached hydrogens (tertiary/aromatic N) is 1. The molecule has 0 saturated heterocycles. The molecule has 0 saturated carbocycles. The molecule has 0 aliphatic heterocycles. The Morgan fingerprint density at radius 1 is 1.00 bits per heavy atom. The first-order valence-electron chi connectivity index (χ1n) is 10.2. The van der Waals surface area contributed by atoms with Crippen molar-refractivity contribution >= 4 is 34.9 Å². The molecule has 3 rings (SSSR count). The number of anilines is 1. The summed E-state index contributed by atoms with van der Waals surface area (Å²) in [5, 5.41) is 13.5. The summed E-state index contributed by atoms with van der Waals surface area (Å²) in [7, 11) is 0. The monoisotopic (exact) mass is 466 g/mol. The average Bonchev–Trinajstić information content (AvgIpc) is 2.78. The van der Waals surface area contributed by atoms with E-state index in [1.807, 2.05) is 12.1 Å². The molecule has 0 radical (unpaired) electrons. The number of carbonyl (C=O) groups is 2. The quantitative estimate of drug-likeness (QED) is 0.269. The maximum Gasteiger partial charge on any atom is 0.339 e. The minimum atomic E-state index is -1.26. The van der Waals surface area contributed by atoms with Gasteiger partial charge in [-0.15, -0.1) is 0 Å². The van der Waals surface area contributed by atoms with E-state index < -0.39 is 22.9 Å². The van der Waals surface area contributed by atoms with E-state index in [2.05, 4.69) is 26.1 Å². The molecular weight excluding hydrogens is 444 g/mol. The van der Waals surface area contributed by atoms with Crippen LogP contribution in [0.3, 0.4) is 0 Å². The Morgan fingerprint density at radius 2 is 1.64 bits per heavy atom. The van der Waals surface area contributed by atoms with Crippen molar-refractivity contribution in [2.75, 3.05) is 5.32 Å². The Kier molecular flexibility index (Phi) is 7.13. The molecule has 0 fully saturated rings. The van der Waals surface area contributed by atoms with E-state index >= 15 is 0 Å². The zero-order valence-electron chi connectivity index (χ0n) is 18.4. The second-order valence-electron chi connectivity index (χ2n) is 8.43. The number of benzene rings is 3. The Balaban J connectivity index is 1.84. The summed E-state index contributed by atoms with van der Waals surface area (Å²) in [4.78, 5) is 36.2. The number of hydrogen-bond acceptors (Lipinski definition) is 5. The van der Waals surface area contributed by atoms with Crippen LogP contribution in [-0.2, 0) is 14.9 Å². The molecule has 8 heteroatoms. The third-order valence-electron chi connectivity index (χ3n) is 4.97. The molecule has 1 amide bonds. The van der Waals surface area contributed by atoms with Crippen molar-refractivity contribution in [3.05, 3.63) is 105 Å². The highest BCUT2D eigenvalue weighted by Gasteiger charge is 2.27. The van der Waals surface area contributed by atoms with Crippen molar-refractivity contribution in [3.63, 3.8) is 0 Å². The van der Waals surface area contributed by atoms with Crippen LogP contribution in [0.2, 0.25) is 5.02 Å². The molecule has 3 aromatic carbocycles. The van der Waals surface area contributed by atoms with Gasteiger partial charge in [-0.2, -0.15) is 0 Å². The van der Waals surface area contributed by atoms with E-state index in [1.54, 1.807) is 42.5 Å². The van der Waals surface area contributed by atoms with Crippen LogP contribution in [0.5, 0.6) is 0 Å². The van der Waals surface area contributed by atoms with Gasteiger partial charge in [-0.1, -0.05) is 74.8 Å². The minimum Gasteiger partial charge on any atom is -0.444 e. The van der Waals surface area contributed by atoms with E-state index in [4.69, 9.17) is 16.3 Å². The highest BCUT2D eigenvalue weighted by atomic mass is 35.5. The first-order chi connectivity index (χ1) is 15.6. The molecule has 0 unspecified atom stereocenters. The molecule has 0 aliphatic carbocycles. The molecule has 170 valence electrons. The van der Waals surface area contributed by atoms with E-state index in [1.165, 1.54) is 12.1 Å². The number of non-ortho nitro benzene ring substituents is 1. The molecule has 7 nitrogen and oxygen atoms in total. The topological polar surface area (TPSA) is 98.5 Å². The average molecular weight is 467 g/mol. The summed E-state index contributed by atoms with van der Waals surface area (Å²) >= 11 is 6.09. The van der Waals surface area contributed by atoms with Crippen LogP contribution in [-0.4, -0.2) is 16.8 Å². The fourth-order valence-electron chi connectivity index (χ4n) is 3.10. The van der Waals surface area contributed by atoms with Crippen molar-refractivity contribution in [3.8, 4) is 0 Å². The maximum atomic E-state index is 13.1. The van der Waals surface area contributed by atoms with Gasteiger partial charge in [-0.05, 0) is 29.2 Å². The van der Waals surface area contributed by atoms with Crippen LogP contribution in [0.1, 0.15) is 48.4 Å². The van der Waals surface area contributed by atoms with Gasteiger partial charge in [0, 0.05) is 17.7 Å². The highest BCUT2D eigenvalue weighted by molar-refractivity contribution is 6.34. The number of nitro benzene ring substituents is 1. The SMILES string of the molecule is CC(C)(C)c1ccc(C(=O)O[C@@H](C(=O)Nc2ccc([N+](=O)[O-])cc2Cl)c2ccccc2)cc1. The van der Waals surface area contributed by atoms with Crippen LogP contribution in [0.25, 0.3) is 0 Å². The lowest BCUT2D eigenvalue weighted by molar-refractivity contribution is -0.384. The van der Waals surface area contributed by atoms with Gasteiger partial charge >= 0.3 is 5.97 Å². The largest absolute Gasteiger partial charge is 0.444 e. The van der Waals surface area contributed by atoms with Gasteiger partial charge in [-0.25, -0.2) is 4.79 Å². The van der Waals surface area contributed by atoms with E-state index in [0.29, 0.717) is 11.1 Å². The lowest BCUT2D eigenvalue weighted by atomic mass is 9.87. The minimum absolute atomic E-state index is 0.00606. The molecular formula is C25H23ClN2O5. The van der Waals surface area contributed by atoms with Crippen LogP contribution in [0.4, 0.5) is 11.4 Å². The fourth-order valence-corrected chi connectivity index (χ4v) is 3.32. The van der Waals surface area contributed by atoms with Crippen LogP contribution in [0, 0.1) is 10.1 Å². The predicted octanol–water partition coefficient (Wildman–Crippen LogP) is 6.08. The molecule has 1 N–H and O–H groups in total. The Morgan fingerprint density at radius 3 is 2.18 bits per heavy atom. The van der Waals surface area contributed by atoms with Crippen molar-refractivity contribution in [1.29, 1.82) is 0 Å². The first-order valence-corrected chi connectivity index (χ1v) is 10.6. The zero-order chi connectivity index (χ0) is 24.2. The smallest absolute Gasteiger partial charge is 0.339 e. The fraction of sp³-hybridized carbons (Fsp3) is 0.200. The summed E-state index contributed by atoms with van der Waals surface area (Å²) in [6.07, 6.45) is -1.26. The molecule has 0 bridgehead atoms. The van der Waals surface area contributed by atoms with Gasteiger partial charge in [0.25, 0.3) is 11.6 Å². The predicted molar refractivity (Wildman–Crippen MR) is 126 cm³/mol. The summed E-state index contributed by atoms with van der Waals surface area (Å²) in [6.45, 7) is 6.21. The van der Waals surface area contributed by atoms with Crippen LogP contribution in [0.15, 0.2) is 72.8 Å². The van der Waals surface area contributed by atoms with Crippen molar-refractivity contribution in [2.45, 2.75) is 32.3 Å². The van der Waals surface area contributed by atoms with Crippen molar-refractivity contribution < 1.29 is 19.2 Å².